The Balaban J connectivity index is 2.15. The Kier molecular flexibility index (Phi) is 2.72. The smallest absolute Gasteiger partial charge is 0.226 e. The van der Waals surface area contributed by atoms with Gasteiger partial charge in [-0.1, -0.05) is 32.9 Å². The molecule has 2 nitrogen and oxygen atoms in total. The number of amides is 1. The van der Waals surface area contributed by atoms with Gasteiger partial charge in [-0.3, -0.25) is 4.79 Å². The second-order valence-corrected chi connectivity index (χ2v) is 5.79. The Morgan fingerprint density at radius 3 is 2.18 bits per heavy atom. The molecule has 1 fully saturated rings. The van der Waals surface area contributed by atoms with Gasteiger partial charge < -0.3 is 5.32 Å². The quantitative estimate of drug-likeness (QED) is 0.839. The van der Waals surface area contributed by atoms with Crippen LogP contribution in [0.25, 0.3) is 0 Å². The van der Waals surface area contributed by atoms with Crippen LogP contribution < -0.4 is 5.32 Å². The van der Waals surface area contributed by atoms with Crippen LogP contribution in [0.2, 0.25) is 0 Å². The number of hydrogen-bond acceptors (Lipinski definition) is 1. The predicted molar refractivity (Wildman–Crippen MR) is 64.9 cm³/mol. The molecule has 17 heavy (non-hydrogen) atoms. The summed E-state index contributed by atoms with van der Waals surface area (Å²) >= 11 is 0. The predicted octanol–water partition coefficient (Wildman–Crippen LogP) is 2.98. The molecule has 1 aromatic carbocycles. The number of carbonyl (C=O) groups excluding carboxylic acids is 1. The van der Waals surface area contributed by atoms with Gasteiger partial charge in [-0.15, -0.1) is 0 Å². The molecule has 1 aromatic rings. The molecule has 1 aliphatic carbocycles. The van der Waals surface area contributed by atoms with Gasteiger partial charge in [0.15, 0.2) is 0 Å². The largest absolute Gasteiger partial charge is 0.346 e. The number of nitrogens with one attached hydrogen (secondary N) is 1. The third kappa shape index (κ3) is 2.48. The first-order valence-corrected chi connectivity index (χ1v) is 5.92. The third-order valence-electron chi connectivity index (χ3n) is 3.18. The molecule has 2 rings (SSSR count). The number of hydrogen-bond donors (Lipinski definition) is 1. The molecular formula is C14H18FNO. The van der Waals surface area contributed by atoms with E-state index in [0.29, 0.717) is 0 Å². The Hall–Kier alpha value is -1.38. The zero-order valence-electron chi connectivity index (χ0n) is 10.5. The fourth-order valence-electron chi connectivity index (χ4n) is 1.78. The minimum Gasteiger partial charge on any atom is -0.346 e. The maximum Gasteiger partial charge on any atom is 0.226 e. The van der Waals surface area contributed by atoms with Gasteiger partial charge >= 0.3 is 0 Å². The highest BCUT2D eigenvalue weighted by Crippen LogP contribution is 2.46. The van der Waals surface area contributed by atoms with Gasteiger partial charge in [0.25, 0.3) is 0 Å². The van der Waals surface area contributed by atoms with Crippen LogP contribution in [0.4, 0.5) is 4.39 Å². The van der Waals surface area contributed by atoms with Crippen molar-refractivity contribution in [3.8, 4) is 0 Å². The zero-order valence-corrected chi connectivity index (χ0v) is 10.5. The second kappa shape index (κ2) is 3.83. The van der Waals surface area contributed by atoms with E-state index in [1.54, 1.807) is 12.1 Å². The average molecular weight is 235 g/mol. The molecule has 0 heterocycles. The summed E-state index contributed by atoms with van der Waals surface area (Å²) in [4.78, 5) is 12.0. The van der Waals surface area contributed by atoms with Crippen molar-refractivity contribution in [1.82, 2.24) is 5.32 Å². The molecule has 1 aliphatic rings. The van der Waals surface area contributed by atoms with Crippen LogP contribution in [-0.4, -0.2) is 5.91 Å². The summed E-state index contributed by atoms with van der Waals surface area (Å²) in [6, 6.07) is 6.40. The summed E-state index contributed by atoms with van der Waals surface area (Å²) in [7, 11) is 0. The van der Waals surface area contributed by atoms with E-state index in [1.165, 1.54) is 12.1 Å². The van der Waals surface area contributed by atoms with Gasteiger partial charge in [0.1, 0.15) is 5.82 Å². The highest BCUT2D eigenvalue weighted by atomic mass is 19.1. The fourth-order valence-corrected chi connectivity index (χ4v) is 1.78. The number of rotatable bonds is 2. The Labute approximate surface area is 101 Å². The van der Waals surface area contributed by atoms with E-state index in [9.17, 15) is 9.18 Å². The monoisotopic (exact) mass is 235 g/mol. The number of halogens is 1. The highest BCUT2D eigenvalue weighted by Gasteiger charge is 2.46. The molecule has 0 aliphatic heterocycles. The van der Waals surface area contributed by atoms with Crippen LogP contribution in [0.1, 0.15) is 39.2 Å². The molecule has 1 amide bonds. The van der Waals surface area contributed by atoms with Crippen LogP contribution in [-0.2, 0) is 10.3 Å². The van der Waals surface area contributed by atoms with Crippen molar-refractivity contribution in [2.45, 2.75) is 39.2 Å². The number of benzene rings is 1. The zero-order chi connectivity index (χ0) is 12.7. The van der Waals surface area contributed by atoms with Gasteiger partial charge in [-0.25, -0.2) is 4.39 Å². The first kappa shape index (κ1) is 12.1. The molecule has 0 radical (unpaired) electrons. The van der Waals surface area contributed by atoms with Crippen molar-refractivity contribution < 1.29 is 9.18 Å². The summed E-state index contributed by atoms with van der Waals surface area (Å²) in [5.41, 5.74) is 0.352. The van der Waals surface area contributed by atoms with Crippen molar-refractivity contribution in [2.75, 3.05) is 0 Å². The van der Waals surface area contributed by atoms with Gasteiger partial charge in [0, 0.05) is 5.41 Å². The van der Waals surface area contributed by atoms with Crippen molar-refractivity contribution in [3.63, 3.8) is 0 Å². The number of carbonyl (C=O) groups is 1. The van der Waals surface area contributed by atoms with Crippen molar-refractivity contribution in [1.29, 1.82) is 0 Å². The fraction of sp³-hybridized carbons (Fsp3) is 0.500. The molecule has 0 unspecified atom stereocenters. The standard InChI is InChI=1S/C14H18FNO/c1-13(2,3)12(17)16-14(8-9-14)10-4-6-11(15)7-5-10/h4-7H,8-9H2,1-3H3,(H,16,17). The van der Waals surface area contributed by atoms with Crippen molar-refractivity contribution in [2.24, 2.45) is 5.41 Å². The van der Waals surface area contributed by atoms with E-state index in [0.717, 1.165) is 18.4 Å². The molecule has 1 saturated carbocycles. The molecule has 0 bridgehead atoms. The lowest BCUT2D eigenvalue weighted by Crippen LogP contribution is -2.41. The van der Waals surface area contributed by atoms with E-state index in [2.05, 4.69) is 5.32 Å². The maximum absolute atomic E-state index is 12.9. The SMILES string of the molecule is CC(C)(C)C(=O)NC1(c2ccc(F)cc2)CC1. The van der Waals surface area contributed by atoms with E-state index >= 15 is 0 Å². The third-order valence-corrected chi connectivity index (χ3v) is 3.18. The molecule has 92 valence electrons. The van der Waals surface area contributed by atoms with Crippen LogP contribution in [0.5, 0.6) is 0 Å². The molecule has 0 spiro atoms. The van der Waals surface area contributed by atoms with E-state index in [1.807, 2.05) is 20.8 Å². The lowest BCUT2D eigenvalue weighted by molar-refractivity contribution is -0.129. The van der Waals surface area contributed by atoms with Crippen LogP contribution in [0.3, 0.4) is 0 Å². The minimum absolute atomic E-state index is 0.0410. The highest BCUT2D eigenvalue weighted by molar-refractivity contribution is 5.82. The van der Waals surface area contributed by atoms with Gasteiger partial charge in [-0.05, 0) is 30.5 Å². The molecule has 0 saturated heterocycles. The Morgan fingerprint density at radius 1 is 1.24 bits per heavy atom. The minimum atomic E-state index is -0.393. The first-order chi connectivity index (χ1) is 7.83. The maximum atomic E-state index is 12.9. The summed E-state index contributed by atoms with van der Waals surface area (Å²) in [5, 5.41) is 3.08. The lowest BCUT2D eigenvalue weighted by atomic mass is 9.94. The Bertz CT molecular complexity index is 427. The Morgan fingerprint density at radius 2 is 1.76 bits per heavy atom. The van der Waals surface area contributed by atoms with Crippen LogP contribution in [0, 0.1) is 11.2 Å². The summed E-state index contributed by atoms with van der Waals surface area (Å²) < 4.78 is 12.9. The average Bonchev–Trinajstić information content (AvgIpc) is 2.98. The van der Waals surface area contributed by atoms with Gasteiger partial charge in [-0.2, -0.15) is 0 Å². The molecular weight excluding hydrogens is 217 g/mol. The first-order valence-electron chi connectivity index (χ1n) is 5.92. The normalized spacial score (nSPS) is 17.6. The molecule has 1 N–H and O–H groups in total. The van der Waals surface area contributed by atoms with Crippen LogP contribution in [0.15, 0.2) is 24.3 Å². The van der Waals surface area contributed by atoms with Crippen molar-refractivity contribution in [3.05, 3.63) is 35.6 Å². The van der Waals surface area contributed by atoms with E-state index in [4.69, 9.17) is 0 Å². The second-order valence-electron chi connectivity index (χ2n) is 5.79. The van der Waals surface area contributed by atoms with Crippen LogP contribution >= 0.6 is 0 Å². The van der Waals surface area contributed by atoms with Gasteiger partial charge in [0.05, 0.1) is 5.54 Å². The van der Waals surface area contributed by atoms with E-state index in [-0.39, 0.29) is 17.3 Å². The van der Waals surface area contributed by atoms with Gasteiger partial charge in [0.2, 0.25) is 5.91 Å². The topological polar surface area (TPSA) is 29.1 Å². The molecule has 0 atom stereocenters. The van der Waals surface area contributed by atoms with E-state index < -0.39 is 5.41 Å². The molecule has 0 aromatic heterocycles. The summed E-state index contributed by atoms with van der Waals surface area (Å²) in [5.74, 6) is -0.203. The summed E-state index contributed by atoms with van der Waals surface area (Å²) in [6.45, 7) is 5.68. The van der Waals surface area contributed by atoms with Crippen molar-refractivity contribution >= 4 is 5.91 Å². The lowest BCUT2D eigenvalue weighted by Gasteiger charge is -2.24. The summed E-state index contributed by atoms with van der Waals surface area (Å²) in [6.07, 6.45) is 1.86. The molecule has 3 heteroatoms.